The molecule has 0 saturated carbocycles. The maximum Gasteiger partial charge on any atom is 0.132 e. The zero-order valence-corrected chi connectivity index (χ0v) is 14.6. The van der Waals surface area contributed by atoms with E-state index in [0.717, 1.165) is 36.2 Å². The smallest absolute Gasteiger partial charge is 0.132 e. The first-order valence-electron chi connectivity index (χ1n) is 7.86. The van der Waals surface area contributed by atoms with Gasteiger partial charge in [0.25, 0.3) is 0 Å². The molecule has 0 bridgehead atoms. The SMILES string of the molecule is COc1ccc(CCNc2cc(NC(C)(C)C)nc(C)n2)cc1. The average molecular weight is 314 g/mol. The van der Waals surface area contributed by atoms with E-state index < -0.39 is 0 Å². The molecule has 1 heterocycles. The van der Waals surface area contributed by atoms with Gasteiger partial charge >= 0.3 is 0 Å². The van der Waals surface area contributed by atoms with Crippen LogP contribution < -0.4 is 15.4 Å². The van der Waals surface area contributed by atoms with Gasteiger partial charge in [0.1, 0.15) is 23.2 Å². The Balaban J connectivity index is 1.94. The summed E-state index contributed by atoms with van der Waals surface area (Å²) in [7, 11) is 1.68. The number of hydrogen-bond acceptors (Lipinski definition) is 5. The predicted octanol–water partition coefficient (Wildman–Crippen LogP) is 3.66. The quantitative estimate of drug-likeness (QED) is 0.852. The molecule has 0 unspecified atom stereocenters. The van der Waals surface area contributed by atoms with E-state index >= 15 is 0 Å². The van der Waals surface area contributed by atoms with E-state index in [9.17, 15) is 0 Å². The highest BCUT2D eigenvalue weighted by molar-refractivity contribution is 5.48. The van der Waals surface area contributed by atoms with Gasteiger partial charge in [-0.15, -0.1) is 0 Å². The Labute approximate surface area is 138 Å². The van der Waals surface area contributed by atoms with E-state index in [1.54, 1.807) is 7.11 Å². The van der Waals surface area contributed by atoms with Crippen molar-refractivity contribution >= 4 is 11.6 Å². The third-order valence-electron chi connectivity index (χ3n) is 3.22. The van der Waals surface area contributed by atoms with Crippen LogP contribution in [0.3, 0.4) is 0 Å². The molecule has 2 N–H and O–H groups in total. The first-order valence-corrected chi connectivity index (χ1v) is 7.86. The fraction of sp³-hybridized carbons (Fsp3) is 0.444. The minimum Gasteiger partial charge on any atom is -0.497 e. The van der Waals surface area contributed by atoms with Crippen molar-refractivity contribution < 1.29 is 4.74 Å². The van der Waals surface area contributed by atoms with Crippen LogP contribution >= 0.6 is 0 Å². The topological polar surface area (TPSA) is 59.1 Å². The molecule has 0 saturated heterocycles. The second-order valence-electron chi connectivity index (χ2n) is 6.59. The van der Waals surface area contributed by atoms with Gasteiger partial charge in [-0.1, -0.05) is 12.1 Å². The summed E-state index contributed by atoms with van der Waals surface area (Å²) in [5, 5.41) is 6.74. The van der Waals surface area contributed by atoms with Crippen LogP contribution in [-0.2, 0) is 6.42 Å². The zero-order chi connectivity index (χ0) is 16.9. The first kappa shape index (κ1) is 17.1. The number of ether oxygens (including phenoxy) is 1. The maximum atomic E-state index is 5.17. The number of aromatic nitrogens is 2. The number of nitrogens with zero attached hydrogens (tertiary/aromatic N) is 2. The van der Waals surface area contributed by atoms with Crippen molar-refractivity contribution in [3.63, 3.8) is 0 Å². The van der Waals surface area contributed by atoms with Gasteiger partial charge in [-0.3, -0.25) is 0 Å². The molecule has 0 atom stereocenters. The minimum absolute atomic E-state index is 0.0266. The number of methoxy groups -OCH3 is 1. The Morgan fingerprint density at radius 3 is 2.30 bits per heavy atom. The molecule has 0 fully saturated rings. The van der Waals surface area contributed by atoms with Crippen molar-refractivity contribution in [2.75, 3.05) is 24.3 Å². The summed E-state index contributed by atoms with van der Waals surface area (Å²) in [5.41, 5.74) is 1.23. The molecule has 2 rings (SSSR count). The van der Waals surface area contributed by atoms with Crippen molar-refractivity contribution in [2.24, 2.45) is 0 Å². The standard InChI is InChI=1S/C18H26N4O/c1-13-20-16(12-17(21-13)22-18(2,3)4)19-11-10-14-6-8-15(23-5)9-7-14/h6-9,12H,10-11H2,1-5H3,(H2,19,20,21,22). The van der Waals surface area contributed by atoms with E-state index in [4.69, 9.17) is 4.74 Å². The highest BCUT2D eigenvalue weighted by atomic mass is 16.5. The number of hydrogen-bond donors (Lipinski definition) is 2. The third kappa shape index (κ3) is 5.77. The van der Waals surface area contributed by atoms with Crippen LogP contribution in [0.5, 0.6) is 5.75 Å². The molecule has 5 nitrogen and oxygen atoms in total. The summed E-state index contributed by atoms with van der Waals surface area (Å²) < 4.78 is 5.17. The average Bonchev–Trinajstić information content (AvgIpc) is 2.45. The maximum absolute atomic E-state index is 5.17. The Kier molecular flexibility index (Phi) is 5.42. The summed E-state index contributed by atoms with van der Waals surface area (Å²) in [6.07, 6.45) is 0.926. The van der Waals surface area contributed by atoms with Gasteiger partial charge in [0.05, 0.1) is 7.11 Å². The fourth-order valence-corrected chi connectivity index (χ4v) is 2.23. The number of anilines is 2. The molecule has 0 radical (unpaired) electrons. The molecule has 124 valence electrons. The summed E-state index contributed by atoms with van der Waals surface area (Å²) in [4.78, 5) is 8.87. The van der Waals surface area contributed by atoms with Crippen LogP contribution in [0.15, 0.2) is 30.3 Å². The fourth-order valence-electron chi connectivity index (χ4n) is 2.23. The second kappa shape index (κ2) is 7.31. The third-order valence-corrected chi connectivity index (χ3v) is 3.22. The van der Waals surface area contributed by atoms with Gasteiger partial charge in [0.2, 0.25) is 0 Å². The number of benzene rings is 1. The van der Waals surface area contributed by atoms with Gasteiger partial charge in [0.15, 0.2) is 0 Å². The summed E-state index contributed by atoms with van der Waals surface area (Å²) in [5.74, 6) is 3.33. The van der Waals surface area contributed by atoms with Crippen LogP contribution in [0.2, 0.25) is 0 Å². The zero-order valence-electron chi connectivity index (χ0n) is 14.6. The normalized spacial score (nSPS) is 11.2. The Morgan fingerprint density at radius 2 is 1.70 bits per heavy atom. The van der Waals surface area contributed by atoms with Crippen molar-refractivity contribution in [1.29, 1.82) is 0 Å². The van der Waals surface area contributed by atoms with E-state index in [-0.39, 0.29) is 5.54 Å². The highest BCUT2D eigenvalue weighted by Gasteiger charge is 2.11. The second-order valence-corrected chi connectivity index (χ2v) is 6.59. The predicted molar refractivity (Wildman–Crippen MR) is 95.3 cm³/mol. The van der Waals surface area contributed by atoms with Gasteiger partial charge in [-0.2, -0.15) is 0 Å². The molecular formula is C18H26N4O. The van der Waals surface area contributed by atoms with Crippen LogP contribution in [0.1, 0.15) is 32.2 Å². The number of aryl methyl sites for hydroxylation is 1. The molecule has 23 heavy (non-hydrogen) atoms. The lowest BCUT2D eigenvalue weighted by molar-refractivity contribution is 0.414. The highest BCUT2D eigenvalue weighted by Crippen LogP contribution is 2.16. The van der Waals surface area contributed by atoms with E-state index in [0.29, 0.717) is 0 Å². The van der Waals surface area contributed by atoms with Gasteiger partial charge in [0, 0.05) is 18.2 Å². The van der Waals surface area contributed by atoms with Crippen LogP contribution in [0.25, 0.3) is 0 Å². The largest absolute Gasteiger partial charge is 0.497 e. The Hall–Kier alpha value is -2.30. The molecule has 2 aromatic rings. The van der Waals surface area contributed by atoms with Crippen molar-refractivity contribution in [3.8, 4) is 5.75 Å². The lowest BCUT2D eigenvalue weighted by Crippen LogP contribution is -2.27. The molecular weight excluding hydrogens is 288 g/mol. The van der Waals surface area contributed by atoms with Gasteiger partial charge < -0.3 is 15.4 Å². The van der Waals surface area contributed by atoms with Crippen molar-refractivity contribution in [3.05, 3.63) is 41.7 Å². The monoisotopic (exact) mass is 314 g/mol. The molecule has 1 aromatic carbocycles. The Morgan fingerprint density at radius 1 is 1.04 bits per heavy atom. The van der Waals surface area contributed by atoms with E-state index in [1.807, 2.05) is 25.1 Å². The molecule has 5 heteroatoms. The molecule has 0 amide bonds. The molecule has 1 aromatic heterocycles. The van der Waals surface area contributed by atoms with Crippen LogP contribution in [-0.4, -0.2) is 29.2 Å². The lowest BCUT2D eigenvalue weighted by atomic mass is 10.1. The first-order chi connectivity index (χ1) is 10.9. The van der Waals surface area contributed by atoms with Gasteiger partial charge in [-0.05, 0) is 51.8 Å². The van der Waals surface area contributed by atoms with E-state index in [2.05, 4.69) is 53.5 Å². The summed E-state index contributed by atoms with van der Waals surface area (Å²) >= 11 is 0. The number of rotatable bonds is 6. The number of nitrogens with one attached hydrogen (secondary N) is 2. The van der Waals surface area contributed by atoms with Crippen molar-refractivity contribution in [1.82, 2.24) is 9.97 Å². The summed E-state index contributed by atoms with van der Waals surface area (Å²) in [6.45, 7) is 9.06. The molecule has 0 aliphatic carbocycles. The Bertz CT molecular complexity index is 632. The van der Waals surface area contributed by atoms with Crippen LogP contribution in [0, 0.1) is 6.92 Å². The van der Waals surface area contributed by atoms with Crippen LogP contribution in [0.4, 0.5) is 11.6 Å². The molecule has 0 aliphatic rings. The molecule has 0 aliphatic heterocycles. The van der Waals surface area contributed by atoms with Crippen molar-refractivity contribution in [2.45, 2.75) is 39.7 Å². The summed E-state index contributed by atoms with van der Waals surface area (Å²) in [6, 6.07) is 10.1. The van der Waals surface area contributed by atoms with E-state index in [1.165, 1.54) is 5.56 Å². The minimum atomic E-state index is -0.0266. The molecule has 0 spiro atoms. The lowest BCUT2D eigenvalue weighted by Gasteiger charge is -2.21. The van der Waals surface area contributed by atoms with Gasteiger partial charge in [-0.25, -0.2) is 9.97 Å².